The van der Waals surface area contributed by atoms with Crippen LogP contribution in [-0.4, -0.2) is 28.0 Å². The monoisotopic (exact) mass is 488 g/mol. The molecule has 2 aromatic heterocycles. The van der Waals surface area contributed by atoms with E-state index in [2.05, 4.69) is 15.8 Å². The van der Waals surface area contributed by atoms with Crippen LogP contribution in [0, 0.1) is 0 Å². The van der Waals surface area contributed by atoms with E-state index in [9.17, 15) is 14.4 Å². The number of carbonyl (C=O) groups excluding carboxylic acids is 2. The zero-order chi connectivity index (χ0) is 23.4. The molecule has 11 heteroatoms. The number of furan rings is 1. The van der Waals surface area contributed by atoms with E-state index >= 15 is 0 Å². The molecule has 2 aromatic carbocycles. The zero-order valence-corrected chi connectivity index (χ0v) is 18.7. The Bertz CT molecular complexity index is 1400. The lowest BCUT2D eigenvalue weighted by Gasteiger charge is -2.10. The van der Waals surface area contributed by atoms with Crippen LogP contribution in [0.15, 0.2) is 58.0 Å². The molecule has 0 unspecified atom stereocenters. The van der Waals surface area contributed by atoms with Gasteiger partial charge in [0.2, 0.25) is 11.5 Å². The van der Waals surface area contributed by atoms with Crippen LogP contribution < -0.4 is 21.1 Å². The summed E-state index contributed by atoms with van der Waals surface area (Å²) in [6, 6.07) is 12.0. The van der Waals surface area contributed by atoms with Gasteiger partial charge in [0, 0.05) is 16.8 Å². The van der Waals surface area contributed by atoms with Crippen molar-refractivity contribution in [2.45, 2.75) is 19.4 Å². The van der Waals surface area contributed by atoms with Gasteiger partial charge in [0.25, 0.3) is 11.5 Å². The molecule has 0 spiro atoms. The molecule has 0 aliphatic rings. The average molecular weight is 489 g/mol. The fourth-order valence-electron chi connectivity index (χ4n) is 3.13. The number of nitrogens with zero attached hydrogens (tertiary/aromatic N) is 2. The van der Waals surface area contributed by atoms with Gasteiger partial charge in [-0.05, 0) is 36.8 Å². The minimum atomic E-state index is -0.591. The maximum atomic E-state index is 12.6. The van der Waals surface area contributed by atoms with Crippen LogP contribution in [0.2, 0.25) is 10.0 Å². The predicted molar refractivity (Wildman–Crippen MR) is 123 cm³/mol. The Hall–Kier alpha value is -3.56. The fraction of sp³-hybridized carbons (Fsp3) is 0.182. The molecule has 0 aliphatic heterocycles. The molecule has 170 valence electrons. The number of aromatic nitrogens is 2. The van der Waals surface area contributed by atoms with Gasteiger partial charge in [0.05, 0.1) is 18.0 Å². The summed E-state index contributed by atoms with van der Waals surface area (Å²) in [5.74, 6) is -0.533. The lowest BCUT2D eigenvalue weighted by Crippen LogP contribution is -2.44. The number of benzene rings is 2. The van der Waals surface area contributed by atoms with E-state index in [1.165, 1.54) is 6.33 Å². The van der Waals surface area contributed by atoms with Gasteiger partial charge in [-0.25, -0.2) is 4.98 Å². The molecule has 9 nitrogen and oxygen atoms in total. The van der Waals surface area contributed by atoms with Crippen molar-refractivity contribution < 1.29 is 18.7 Å². The summed E-state index contributed by atoms with van der Waals surface area (Å²) in [5.41, 5.74) is 5.12. The molecule has 2 N–H and O–H groups in total. The molecule has 0 atom stereocenters. The van der Waals surface area contributed by atoms with E-state index in [0.717, 1.165) is 9.95 Å². The standard InChI is InChI=1S/C22H18Cl2N4O5/c23-13-7-8-17(15(24)10-13)32-9-3-6-18(29)26-27-19(30)11-28-12-25-20-14-4-1-2-5-16(14)33-21(20)22(28)31/h1-2,4-5,7-8,10,12H,3,6,9,11H2,(H,26,29)(H,27,30). The Morgan fingerprint density at radius 3 is 2.70 bits per heavy atom. The van der Waals surface area contributed by atoms with Crippen molar-refractivity contribution in [3.05, 3.63) is 69.2 Å². The second kappa shape index (κ2) is 9.93. The highest BCUT2D eigenvalue weighted by Crippen LogP contribution is 2.27. The van der Waals surface area contributed by atoms with Crippen LogP contribution >= 0.6 is 23.2 Å². The van der Waals surface area contributed by atoms with Crippen LogP contribution in [0.25, 0.3) is 22.1 Å². The van der Waals surface area contributed by atoms with E-state index < -0.39 is 17.4 Å². The number of para-hydroxylation sites is 1. The molecular formula is C22H18Cl2N4O5. The van der Waals surface area contributed by atoms with E-state index in [4.69, 9.17) is 32.4 Å². The van der Waals surface area contributed by atoms with Gasteiger partial charge in [0.15, 0.2) is 0 Å². The molecule has 33 heavy (non-hydrogen) atoms. The number of nitrogens with one attached hydrogen (secondary N) is 2. The van der Waals surface area contributed by atoms with Gasteiger partial charge in [-0.2, -0.15) is 0 Å². The minimum Gasteiger partial charge on any atom is -0.492 e. The number of hydrogen-bond acceptors (Lipinski definition) is 6. The van der Waals surface area contributed by atoms with Crippen LogP contribution in [0.1, 0.15) is 12.8 Å². The average Bonchev–Trinajstić information content (AvgIpc) is 3.18. The summed E-state index contributed by atoms with van der Waals surface area (Å²) >= 11 is 11.8. The topological polar surface area (TPSA) is 115 Å². The first-order valence-corrected chi connectivity index (χ1v) is 10.7. The Kier molecular flexibility index (Phi) is 6.81. The third-order valence-electron chi connectivity index (χ3n) is 4.71. The van der Waals surface area contributed by atoms with Crippen LogP contribution in [0.5, 0.6) is 5.75 Å². The smallest absolute Gasteiger partial charge is 0.297 e. The second-order valence-corrected chi connectivity index (χ2v) is 7.92. The van der Waals surface area contributed by atoms with E-state index in [-0.39, 0.29) is 25.2 Å². The lowest BCUT2D eigenvalue weighted by molar-refractivity contribution is -0.129. The zero-order valence-electron chi connectivity index (χ0n) is 17.1. The number of carbonyl (C=O) groups is 2. The summed E-state index contributed by atoms with van der Waals surface area (Å²) in [7, 11) is 0. The Labute approximate surface area is 197 Å². The van der Waals surface area contributed by atoms with Crippen molar-refractivity contribution in [1.82, 2.24) is 20.4 Å². The highest BCUT2D eigenvalue weighted by Gasteiger charge is 2.15. The molecule has 2 heterocycles. The van der Waals surface area contributed by atoms with Crippen LogP contribution in [0.4, 0.5) is 0 Å². The number of hydrazine groups is 1. The van der Waals surface area contributed by atoms with Gasteiger partial charge in [0.1, 0.15) is 23.4 Å². The molecule has 4 aromatic rings. The minimum absolute atomic E-state index is 0.0660. The van der Waals surface area contributed by atoms with Gasteiger partial charge >= 0.3 is 0 Å². The summed E-state index contributed by atoms with van der Waals surface area (Å²) in [6.45, 7) is -0.0848. The SMILES string of the molecule is O=C(CCCOc1ccc(Cl)cc1Cl)NNC(=O)Cn1cnc2c(oc3ccccc32)c1=O. The van der Waals surface area contributed by atoms with Gasteiger partial charge in [-0.3, -0.25) is 29.8 Å². The molecule has 0 fully saturated rings. The molecule has 4 rings (SSSR count). The molecule has 0 saturated heterocycles. The summed E-state index contributed by atoms with van der Waals surface area (Å²) in [5, 5.41) is 1.60. The third-order valence-corrected chi connectivity index (χ3v) is 5.24. The van der Waals surface area contributed by atoms with E-state index in [1.807, 2.05) is 6.07 Å². The summed E-state index contributed by atoms with van der Waals surface area (Å²) in [6.07, 6.45) is 1.78. The maximum Gasteiger partial charge on any atom is 0.297 e. The van der Waals surface area contributed by atoms with Gasteiger partial charge in [-0.15, -0.1) is 0 Å². The summed E-state index contributed by atoms with van der Waals surface area (Å²) in [4.78, 5) is 41.0. The van der Waals surface area contributed by atoms with Crippen molar-refractivity contribution in [2.75, 3.05) is 6.61 Å². The van der Waals surface area contributed by atoms with Crippen LogP contribution in [0.3, 0.4) is 0 Å². The number of amides is 2. The molecule has 2 amide bonds. The van der Waals surface area contributed by atoms with Crippen molar-refractivity contribution in [1.29, 1.82) is 0 Å². The highest BCUT2D eigenvalue weighted by atomic mass is 35.5. The second-order valence-electron chi connectivity index (χ2n) is 7.08. The van der Waals surface area contributed by atoms with Crippen molar-refractivity contribution in [2.24, 2.45) is 0 Å². The Balaban J connectivity index is 1.25. The van der Waals surface area contributed by atoms with E-state index in [0.29, 0.717) is 33.3 Å². The van der Waals surface area contributed by atoms with Crippen molar-refractivity contribution in [3.63, 3.8) is 0 Å². The number of rotatable bonds is 7. The normalized spacial score (nSPS) is 11.0. The number of hydrogen-bond donors (Lipinski definition) is 2. The van der Waals surface area contributed by atoms with Gasteiger partial charge in [-0.1, -0.05) is 35.3 Å². The number of ether oxygens (including phenoxy) is 1. The summed E-state index contributed by atoms with van der Waals surface area (Å²) < 4.78 is 12.2. The molecule has 0 aliphatic carbocycles. The third kappa shape index (κ3) is 5.27. The van der Waals surface area contributed by atoms with Crippen LogP contribution in [-0.2, 0) is 16.1 Å². The lowest BCUT2D eigenvalue weighted by atomic mass is 10.2. The largest absolute Gasteiger partial charge is 0.492 e. The first-order valence-electron chi connectivity index (χ1n) is 9.94. The quantitative estimate of drug-likeness (QED) is 0.304. The first kappa shape index (κ1) is 22.6. The maximum absolute atomic E-state index is 12.6. The van der Waals surface area contributed by atoms with Crippen molar-refractivity contribution in [3.8, 4) is 5.75 Å². The number of fused-ring (bicyclic) bond motifs is 3. The first-order chi connectivity index (χ1) is 15.9. The van der Waals surface area contributed by atoms with Gasteiger partial charge < -0.3 is 9.15 Å². The molecule has 0 saturated carbocycles. The predicted octanol–water partition coefficient (Wildman–Crippen LogP) is 3.46. The number of halogens is 2. The van der Waals surface area contributed by atoms with E-state index in [1.54, 1.807) is 36.4 Å². The fourth-order valence-corrected chi connectivity index (χ4v) is 3.59. The highest BCUT2D eigenvalue weighted by molar-refractivity contribution is 6.35. The Morgan fingerprint density at radius 2 is 1.88 bits per heavy atom. The van der Waals surface area contributed by atoms with Crippen molar-refractivity contribution >= 4 is 57.1 Å². The molecular weight excluding hydrogens is 471 g/mol. The molecule has 0 radical (unpaired) electrons. The Morgan fingerprint density at radius 1 is 1.09 bits per heavy atom. The molecule has 0 bridgehead atoms.